The number of carbonyl (C=O) groups is 4. The summed E-state index contributed by atoms with van der Waals surface area (Å²) in [6, 6.07) is 0. The van der Waals surface area contributed by atoms with Crippen LogP contribution in [0.1, 0.15) is 54.4 Å². The normalized spacial score (nSPS) is 20.0. The van der Waals surface area contributed by atoms with Gasteiger partial charge >= 0.3 is 0 Å². The Morgan fingerprint density at radius 2 is 1.43 bits per heavy atom. The second-order valence-electron chi connectivity index (χ2n) is 7.10. The quantitative estimate of drug-likeness (QED) is 0.428. The lowest BCUT2D eigenvalue weighted by molar-refractivity contribution is -0.141. The number of hydrogen-bond acceptors (Lipinski definition) is 4. The molecule has 23 heavy (non-hydrogen) atoms. The summed E-state index contributed by atoms with van der Waals surface area (Å²) in [6.45, 7) is 10.8. The Balaban J connectivity index is 3.38. The van der Waals surface area contributed by atoms with Gasteiger partial charge in [-0.3, -0.25) is 19.2 Å². The molecule has 1 saturated carbocycles. The molecule has 0 radical (unpaired) electrons. The predicted molar refractivity (Wildman–Crippen MR) is 88.9 cm³/mol. The largest absolute Gasteiger partial charge is 0.298 e. The zero-order chi connectivity index (χ0) is 17.9. The number of hydrogen-bond donors (Lipinski definition) is 0. The van der Waals surface area contributed by atoms with Gasteiger partial charge < -0.3 is 0 Å². The number of allylic oxidation sites excluding steroid dienone is 4. The second-order valence-corrected chi connectivity index (χ2v) is 7.10. The van der Waals surface area contributed by atoms with E-state index in [2.05, 4.69) is 0 Å². The number of carbonyl (C=O) groups excluding carboxylic acids is 4. The van der Waals surface area contributed by atoms with Gasteiger partial charge in [-0.1, -0.05) is 37.1 Å². The molecule has 1 atom stereocenters. The molecule has 1 aliphatic rings. The van der Waals surface area contributed by atoms with E-state index >= 15 is 0 Å². The number of rotatable bonds is 6. The van der Waals surface area contributed by atoms with Crippen molar-refractivity contribution in [2.24, 2.45) is 17.3 Å². The molecule has 1 fully saturated rings. The summed E-state index contributed by atoms with van der Waals surface area (Å²) in [5, 5.41) is 0. The average Bonchev–Trinajstić information content (AvgIpc) is 2.63. The van der Waals surface area contributed by atoms with Gasteiger partial charge in [0, 0.05) is 5.92 Å². The van der Waals surface area contributed by atoms with Gasteiger partial charge in [0.05, 0.1) is 0 Å². The lowest BCUT2D eigenvalue weighted by Gasteiger charge is -2.23. The minimum absolute atomic E-state index is 0.171. The summed E-state index contributed by atoms with van der Waals surface area (Å²) in [4.78, 5) is 50.1. The van der Waals surface area contributed by atoms with Crippen molar-refractivity contribution >= 4 is 23.1 Å². The lowest BCUT2D eigenvalue weighted by atomic mass is 9.75. The van der Waals surface area contributed by atoms with Gasteiger partial charge in [-0.15, -0.1) is 0 Å². The van der Waals surface area contributed by atoms with Gasteiger partial charge in [-0.05, 0) is 40.5 Å². The van der Waals surface area contributed by atoms with Crippen LogP contribution >= 0.6 is 0 Å². The standard InChI is InChI=1S/C19H26O4/c1-11(2)7-9-19(10-8-12(3)4)17(22)14(15(20)13(5)6)16(21)18(19)23/h7-8,13-14H,9-10H2,1-6H3. The van der Waals surface area contributed by atoms with Crippen molar-refractivity contribution in [3.63, 3.8) is 0 Å². The maximum Gasteiger partial charge on any atom is 0.217 e. The van der Waals surface area contributed by atoms with Crippen LogP contribution in [0.4, 0.5) is 0 Å². The van der Waals surface area contributed by atoms with E-state index in [0.717, 1.165) is 11.1 Å². The van der Waals surface area contributed by atoms with Crippen LogP contribution in [-0.2, 0) is 19.2 Å². The monoisotopic (exact) mass is 318 g/mol. The predicted octanol–water partition coefficient (Wildman–Crippen LogP) is 3.25. The summed E-state index contributed by atoms with van der Waals surface area (Å²) < 4.78 is 0. The molecular formula is C19H26O4. The Kier molecular flexibility index (Phi) is 5.98. The number of Topliss-reactive ketones (excluding diaryl/α,β-unsaturated/α-hetero) is 4. The van der Waals surface area contributed by atoms with E-state index in [1.807, 2.05) is 27.7 Å². The Morgan fingerprint density at radius 1 is 1.00 bits per heavy atom. The van der Waals surface area contributed by atoms with Crippen molar-refractivity contribution in [3.05, 3.63) is 23.3 Å². The van der Waals surface area contributed by atoms with Crippen LogP contribution in [0.15, 0.2) is 23.3 Å². The highest BCUT2D eigenvalue weighted by molar-refractivity contribution is 6.57. The molecule has 0 spiro atoms. The molecule has 0 saturated heterocycles. The highest BCUT2D eigenvalue weighted by Gasteiger charge is 2.61. The highest BCUT2D eigenvalue weighted by atomic mass is 16.2. The molecule has 0 aromatic rings. The first kappa shape index (κ1) is 19.2. The van der Waals surface area contributed by atoms with Crippen LogP contribution in [-0.4, -0.2) is 23.1 Å². The van der Waals surface area contributed by atoms with Gasteiger partial charge in [0.2, 0.25) is 11.6 Å². The van der Waals surface area contributed by atoms with Gasteiger partial charge in [0.25, 0.3) is 0 Å². The van der Waals surface area contributed by atoms with Crippen molar-refractivity contribution in [2.45, 2.75) is 54.4 Å². The fraction of sp³-hybridized carbons (Fsp3) is 0.579. The highest BCUT2D eigenvalue weighted by Crippen LogP contribution is 2.41. The SMILES string of the molecule is CC(C)=CCC1(CC=C(C)C)C(=O)C(=O)C(C(=O)C(C)C)C1=O. The molecular weight excluding hydrogens is 292 g/mol. The third-order valence-corrected chi connectivity index (χ3v) is 4.23. The van der Waals surface area contributed by atoms with E-state index < -0.39 is 40.4 Å². The van der Waals surface area contributed by atoms with Crippen LogP contribution in [0.3, 0.4) is 0 Å². The number of ketones is 4. The first-order valence-electron chi connectivity index (χ1n) is 7.98. The molecule has 0 aromatic carbocycles. The van der Waals surface area contributed by atoms with E-state index in [1.165, 1.54) is 0 Å². The molecule has 0 heterocycles. The van der Waals surface area contributed by atoms with Crippen LogP contribution in [0.5, 0.6) is 0 Å². The molecule has 1 aliphatic carbocycles. The lowest BCUT2D eigenvalue weighted by Crippen LogP contribution is -2.35. The minimum Gasteiger partial charge on any atom is -0.298 e. The zero-order valence-electron chi connectivity index (χ0n) is 14.9. The fourth-order valence-electron chi connectivity index (χ4n) is 2.69. The molecule has 1 unspecified atom stereocenters. The summed E-state index contributed by atoms with van der Waals surface area (Å²) in [7, 11) is 0. The summed E-state index contributed by atoms with van der Waals surface area (Å²) >= 11 is 0. The van der Waals surface area contributed by atoms with Gasteiger partial charge in [0.1, 0.15) is 11.3 Å². The van der Waals surface area contributed by atoms with Crippen LogP contribution < -0.4 is 0 Å². The second kappa shape index (κ2) is 7.16. The van der Waals surface area contributed by atoms with Crippen LogP contribution in [0.25, 0.3) is 0 Å². The Hall–Kier alpha value is -1.84. The van der Waals surface area contributed by atoms with Gasteiger partial charge in [-0.2, -0.15) is 0 Å². The summed E-state index contributed by atoms with van der Waals surface area (Å²) in [6.07, 6.45) is 3.93. The molecule has 0 N–H and O–H groups in total. The Labute approximate surface area is 138 Å². The van der Waals surface area contributed by atoms with Gasteiger partial charge in [0.15, 0.2) is 11.6 Å². The van der Waals surface area contributed by atoms with E-state index in [1.54, 1.807) is 26.0 Å². The summed E-state index contributed by atoms with van der Waals surface area (Å²) in [5.74, 6) is -4.40. The van der Waals surface area contributed by atoms with Gasteiger partial charge in [-0.25, -0.2) is 0 Å². The topological polar surface area (TPSA) is 68.3 Å². The zero-order valence-corrected chi connectivity index (χ0v) is 14.9. The van der Waals surface area contributed by atoms with E-state index in [4.69, 9.17) is 0 Å². The van der Waals surface area contributed by atoms with E-state index in [-0.39, 0.29) is 12.8 Å². The molecule has 1 rings (SSSR count). The Morgan fingerprint density at radius 3 is 1.78 bits per heavy atom. The average molecular weight is 318 g/mol. The van der Waals surface area contributed by atoms with Crippen LogP contribution in [0, 0.1) is 17.3 Å². The first-order valence-corrected chi connectivity index (χ1v) is 7.98. The van der Waals surface area contributed by atoms with Crippen molar-refractivity contribution in [1.82, 2.24) is 0 Å². The van der Waals surface area contributed by atoms with Crippen molar-refractivity contribution in [2.75, 3.05) is 0 Å². The first-order chi connectivity index (χ1) is 10.5. The Bertz CT molecular complexity index is 577. The summed E-state index contributed by atoms with van der Waals surface area (Å²) in [5.41, 5.74) is 0.516. The molecule has 0 bridgehead atoms. The molecule has 126 valence electrons. The molecule has 0 amide bonds. The maximum atomic E-state index is 12.9. The molecule has 4 nitrogen and oxygen atoms in total. The van der Waals surface area contributed by atoms with Crippen molar-refractivity contribution in [1.29, 1.82) is 0 Å². The van der Waals surface area contributed by atoms with E-state index in [9.17, 15) is 19.2 Å². The molecule has 0 aliphatic heterocycles. The van der Waals surface area contributed by atoms with Crippen LogP contribution in [0.2, 0.25) is 0 Å². The third kappa shape index (κ3) is 3.74. The van der Waals surface area contributed by atoms with Crippen molar-refractivity contribution < 1.29 is 19.2 Å². The molecule has 4 heteroatoms. The minimum atomic E-state index is -1.42. The third-order valence-electron chi connectivity index (χ3n) is 4.23. The smallest absolute Gasteiger partial charge is 0.217 e. The maximum absolute atomic E-state index is 12.9. The van der Waals surface area contributed by atoms with E-state index in [0.29, 0.717) is 0 Å². The fourth-order valence-corrected chi connectivity index (χ4v) is 2.69. The van der Waals surface area contributed by atoms with Crippen molar-refractivity contribution in [3.8, 4) is 0 Å². The molecule has 0 aromatic heterocycles.